The second-order valence-corrected chi connectivity index (χ2v) is 5.01. The topological polar surface area (TPSA) is 55.1 Å². The molecule has 7 heteroatoms. The Morgan fingerprint density at radius 2 is 1.62 bits per heavy atom. The van der Waals surface area contributed by atoms with Gasteiger partial charge >= 0.3 is 12.1 Å². The van der Waals surface area contributed by atoms with Crippen LogP contribution < -0.4 is 0 Å². The highest BCUT2D eigenvalue weighted by molar-refractivity contribution is 5.92. The summed E-state index contributed by atoms with van der Waals surface area (Å²) in [6.45, 7) is 0. The third-order valence-electron chi connectivity index (χ3n) is 3.43. The fraction of sp³-hybridized carbons (Fsp3) is 0.0588. The number of rotatable bonds is 3. The van der Waals surface area contributed by atoms with Crippen LogP contribution in [0.1, 0.15) is 16.1 Å². The van der Waals surface area contributed by atoms with E-state index >= 15 is 0 Å². The molecule has 0 spiro atoms. The fourth-order valence-electron chi connectivity index (χ4n) is 2.36. The second-order valence-electron chi connectivity index (χ2n) is 5.01. The molecule has 0 bridgehead atoms. The Kier molecular flexibility index (Phi) is 3.84. The van der Waals surface area contributed by atoms with Gasteiger partial charge in [0.25, 0.3) is 0 Å². The summed E-state index contributed by atoms with van der Waals surface area (Å²) >= 11 is 0. The van der Waals surface area contributed by atoms with Crippen LogP contribution in [0.3, 0.4) is 0 Å². The van der Waals surface area contributed by atoms with Crippen LogP contribution in [0.2, 0.25) is 0 Å². The number of halogens is 3. The molecule has 1 aromatic heterocycles. The smallest absolute Gasteiger partial charge is 0.433 e. The van der Waals surface area contributed by atoms with E-state index in [-0.39, 0.29) is 16.9 Å². The maximum absolute atomic E-state index is 13.4. The summed E-state index contributed by atoms with van der Waals surface area (Å²) in [6, 6.07) is 14.7. The highest BCUT2D eigenvalue weighted by Gasteiger charge is 2.37. The number of nitrogens with zero attached hydrogens (tertiary/aromatic N) is 2. The summed E-state index contributed by atoms with van der Waals surface area (Å²) in [6.07, 6.45) is -4.67. The van der Waals surface area contributed by atoms with E-state index in [4.69, 9.17) is 0 Å². The summed E-state index contributed by atoms with van der Waals surface area (Å²) in [4.78, 5) is 11.3. The second kappa shape index (κ2) is 5.84. The van der Waals surface area contributed by atoms with Gasteiger partial charge in [-0.05, 0) is 18.2 Å². The van der Waals surface area contributed by atoms with Gasteiger partial charge in [-0.25, -0.2) is 9.48 Å². The Bertz CT molecular complexity index is 886. The van der Waals surface area contributed by atoms with Crippen molar-refractivity contribution in [3.63, 3.8) is 0 Å². The van der Waals surface area contributed by atoms with Gasteiger partial charge in [0.1, 0.15) is 5.69 Å². The Balaban J connectivity index is 2.25. The van der Waals surface area contributed by atoms with Crippen molar-refractivity contribution in [2.45, 2.75) is 6.18 Å². The van der Waals surface area contributed by atoms with Crippen LogP contribution in [0.15, 0.2) is 60.7 Å². The molecule has 0 amide bonds. The van der Waals surface area contributed by atoms with Crippen LogP contribution in [0.4, 0.5) is 13.2 Å². The molecule has 0 aliphatic carbocycles. The number of aromatic carboxylic acids is 1. The zero-order valence-electron chi connectivity index (χ0n) is 12.2. The normalized spacial score (nSPS) is 11.5. The minimum Gasteiger partial charge on any atom is -0.478 e. The maximum Gasteiger partial charge on any atom is 0.433 e. The molecule has 2 aromatic carbocycles. The Morgan fingerprint density at radius 3 is 2.25 bits per heavy atom. The number of benzene rings is 2. The number of alkyl halides is 3. The van der Waals surface area contributed by atoms with E-state index in [0.29, 0.717) is 10.2 Å². The van der Waals surface area contributed by atoms with Crippen molar-refractivity contribution in [2.24, 2.45) is 0 Å². The van der Waals surface area contributed by atoms with Gasteiger partial charge in [0.15, 0.2) is 0 Å². The summed E-state index contributed by atoms with van der Waals surface area (Å²) in [5.41, 5.74) is -0.807. The van der Waals surface area contributed by atoms with Crippen LogP contribution in [0.5, 0.6) is 0 Å². The number of aromatic nitrogens is 2. The van der Waals surface area contributed by atoms with E-state index in [0.717, 1.165) is 6.07 Å². The van der Waals surface area contributed by atoms with Gasteiger partial charge in [-0.1, -0.05) is 42.5 Å². The van der Waals surface area contributed by atoms with Crippen molar-refractivity contribution in [1.29, 1.82) is 0 Å². The zero-order valence-corrected chi connectivity index (χ0v) is 12.2. The molecule has 0 radical (unpaired) electrons. The molecule has 0 unspecified atom stereocenters. The van der Waals surface area contributed by atoms with Crippen LogP contribution in [-0.4, -0.2) is 20.9 Å². The lowest BCUT2D eigenvalue weighted by molar-refractivity contribution is -0.142. The molecule has 1 heterocycles. The molecule has 0 fully saturated rings. The van der Waals surface area contributed by atoms with E-state index < -0.39 is 17.8 Å². The van der Waals surface area contributed by atoms with E-state index in [1.54, 1.807) is 30.3 Å². The molecule has 1 N–H and O–H groups in total. The monoisotopic (exact) mass is 332 g/mol. The first kappa shape index (κ1) is 15.8. The number of para-hydroxylation sites is 1. The van der Waals surface area contributed by atoms with Crippen molar-refractivity contribution in [1.82, 2.24) is 9.78 Å². The molecule has 0 aliphatic heterocycles. The van der Waals surface area contributed by atoms with Gasteiger partial charge in [0.05, 0.1) is 16.9 Å². The van der Waals surface area contributed by atoms with Crippen molar-refractivity contribution in [3.05, 3.63) is 71.9 Å². The summed E-state index contributed by atoms with van der Waals surface area (Å²) in [5.74, 6) is -1.32. The van der Waals surface area contributed by atoms with Crippen molar-refractivity contribution in [2.75, 3.05) is 0 Å². The molecule has 3 aromatic rings. The highest BCUT2D eigenvalue weighted by Crippen LogP contribution is 2.34. The molecule has 0 aliphatic rings. The summed E-state index contributed by atoms with van der Waals surface area (Å²) < 4.78 is 40.8. The standard InChI is InChI=1S/C17H11F3N2O2/c18-17(19,20)15-10-13(11-6-2-1-3-7-11)21-22(15)14-9-5-4-8-12(14)16(23)24/h1-10H,(H,23,24). The van der Waals surface area contributed by atoms with Gasteiger partial charge in [-0.15, -0.1) is 0 Å². The minimum absolute atomic E-state index is 0.114. The largest absolute Gasteiger partial charge is 0.478 e. The van der Waals surface area contributed by atoms with E-state index in [1.807, 2.05) is 0 Å². The minimum atomic E-state index is -4.67. The maximum atomic E-state index is 13.4. The predicted octanol–water partition coefficient (Wildman–Crippen LogP) is 4.26. The van der Waals surface area contributed by atoms with Gasteiger partial charge in [-0.2, -0.15) is 18.3 Å². The number of hydrogen-bond acceptors (Lipinski definition) is 2. The first-order chi connectivity index (χ1) is 11.4. The van der Waals surface area contributed by atoms with Crippen molar-refractivity contribution < 1.29 is 23.1 Å². The molecule has 3 rings (SSSR count). The van der Waals surface area contributed by atoms with Gasteiger partial charge in [0.2, 0.25) is 0 Å². The Hall–Kier alpha value is -3.09. The number of carboxylic acid groups (broad SMARTS) is 1. The van der Waals surface area contributed by atoms with E-state index in [9.17, 15) is 23.1 Å². The molecule has 122 valence electrons. The van der Waals surface area contributed by atoms with Gasteiger partial charge in [-0.3, -0.25) is 0 Å². The average Bonchev–Trinajstić information content (AvgIpc) is 3.01. The first-order valence-corrected chi connectivity index (χ1v) is 6.93. The average molecular weight is 332 g/mol. The van der Waals surface area contributed by atoms with Crippen LogP contribution in [0, 0.1) is 0 Å². The lowest BCUT2D eigenvalue weighted by Crippen LogP contribution is -2.15. The zero-order chi connectivity index (χ0) is 17.3. The van der Waals surface area contributed by atoms with Gasteiger partial charge in [0, 0.05) is 5.56 Å². The quantitative estimate of drug-likeness (QED) is 0.780. The number of carboxylic acids is 1. The van der Waals surface area contributed by atoms with Crippen molar-refractivity contribution in [3.8, 4) is 16.9 Å². The van der Waals surface area contributed by atoms with E-state index in [1.165, 1.54) is 24.3 Å². The van der Waals surface area contributed by atoms with Gasteiger partial charge < -0.3 is 5.11 Å². The van der Waals surface area contributed by atoms with Crippen molar-refractivity contribution >= 4 is 5.97 Å². The third-order valence-corrected chi connectivity index (χ3v) is 3.43. The fourth-order valence-corrected chi connectivity index (χ4v) is 2.36. The molecule has 0 atom stereocenters. The van der Waals surface area contributed by atoms with E-state index in [2.05, 4.69) is 5.10 Å². The Labute approximate surface area is 134 Å². The molecule has 0 saturated heterocycles. The lowest BCUT2D eigenvalue weighted by Gasteiger charge is -2.12. The highest BCUT2D eigenvalue weighted by atomic mass is 19.4. The first-order valence-electron chi connectivity index (χ1n) is 6.93. The lowest BCUT2D eigenvalue weighted by atomic mass is 10.1. The third kappa shape index (κ3) is 2.88. The molecule has 24 heavy (non-hydrogen) atoms. The summed E-state index contributed by atoms with van der Waals surface area (Å²) in [7, 11) is 0. The Morgan fingerprint density at radius 1 is 1.00 bits per heavy atom. The van der Waals surface area contributed by atoms with Crippen LogP contribution in [-0.2, 0) is 6.18 Å². The molecule has 0 saturated carbocycles. The number of carbonyl (C=O) groups is 1. The predicted molar refractivity (Wildman–Crippen MR) is 81.0 cm³/mol. The molecule has 4 nitrogen and oxygen atoms in total. The van der Waals surface area contributed by atoms with Crippen LogP contribution >= 0.6 is 0 Å². The molecular weight excluding hydrogens is 321 g/mol. The summed E-state index contributed by atoms with van der Waals surface area (Å²) in [5, 5.41) is 13.2. The number of hydrogen-bond donors (Lipinski definition) is 1. The SMILES string of the molecule is O=C(O)c1ccccc1-n1nc(-c2ccccc2)cc1C(F)(F)F. The molecular formula is C17H11F3N2O2. The van der Waals surface area contributed by atoms with Crippen LogP contribution in [0.25, 0.3) is 16.9 Å².